The van der Waals surface area contributed by atoms with Crippen LogP contribution in [-0.4, -0.2) is 39.4 Å². The quantitative estimate of drug-likeness (QED) is 0.793. The number of aromatic amines is 1. The van der Waals surface area contributed by atoms with E-state index in [1.807, 2.05) is 0 Å². The minimum atomic E-state index is -0.469. The highest BCUT2D eigenvalue weighted by atomic mass is 16.2. The lowest BCUT2D eigenvalue weighted by atomic mass is 9.96. The number of likely N-dealkylation sites (tertiary alicyclic amines) is 1. The maximum absolute atomic E-state index is 12.4. The highest BCUT2D eigenvalue weighted by Gasteiger charge is 2.25. The fourth-order valence-corrected chi connectivity index (χ4v) is 3.36. The predicted octanol–water partition coefficient (Wildman–Crippen LogP) is 0.194. The number of carbonyl (C=O) groups excluding carboxylic acids is 2. The van der Waals surface area contributed by atoms with Crippen LogP contribution in [0.4, 0.5) is 0 Å². The normalized spacial score (nSPS) is 15.3. The lowest BCUT2D eigenvalue weighted by molar-refractivity contribution is -0.135. The molecule has 3 rings (SSSR count). The van der Waals surface area contributed by atoms with Crippen molar-refractivity contribution in [2.75, 3.05) is 13.1 Å². The van der Waals surface area contributed by atoms with Crippen LogP contribution in [0, 0.1) is 5.92 Å². The molecule has 1 aromatic carbocycles. The van der Waals surface area contributed by atoms with E-state index in [2.05, 4.69) is 4.98 Å². The monoisotopic (exact) mass is 358 g/mol. The standard InChI is InChI=1S/C18H22N4O4/c19-16(24)12-7-10-21(11-8-12)15(23)6-3-9-22-17(25)13-4-1-2-5-14(13)20-18(22)26/h1-2,4-5,12H,3,6-11H2,(H2,19,24)(H,20,26). The number of aromatic nitrogens is 2. The summed E-state index contributed by atoms with van der Waals surface area (Å²) in [6.07, 6.45) is 1.83. The Labute approximate surface area is 149 Å². The molecule has 2 amide bonds. The van der Waals surface area contributed by atoms with Crippen LogP contribution in [0.3, 0.4) is 0 Å². The molecule has 1 aliphatic rings. The molecule has 0 radical (unpaired) electrons. The third-order valence-electron chi connectivity index (χ3n) is 4.91. The molecule has 8 heteroatoms. The van der Waals surface area contributed by atoms with Gasteiger partial charge in [0.15, 0.2) is 0 Å². The van der Waals surface area contributed by atoms with Gasteiger partial charge in [0.25, 0.3) is 5.56 Å². The first-order valence-corrected chi connectivity index (χ1v) is 8.76. The molecule has 1 saturated heterocycles. The van der Waals surface area contributed by atoms with Gasteiger partial charge in [-0.2, -0.15) is 0 Å². The van der Waals surface area contributed by atoms with Gasteiger partial charge >= 0.3 is 5.69 Å². The summed E-state index contributed by atoms with van der Waals surface area (Å²) in [6.45, 7) is 1.22. The molecule has 2 aromatic rings. The van der Waals surface area contributed by atoms with E-state index in [9.17, 15) is 19.2 Å². The van der Waals surface area contributed by atoms with Crippen molar-refractivity contribution in [1.29, 1.82) is 0 Å². The number of H-pyrrole nitrogens is 1. The molecular weight excluding hydrogens is 336 g/mol. The molecule has 0 saturated carbocycles. The van der Waals surface area contributed by atoms with Crippen LogP contribution in [-0.2, 0) is 16.1 Å². The molecule has 138 valence electrons. The van der Waals surface area contributed by atoms with E-state index in [1.165, 1.54) is 0 Å². The van der Waals surface area contributed by atoms with Gasteiger partial charge in [0.2, 0.25) is 11.8 Å². The second-order valence-electron chi connectivity index (χ2n) is 6.59. The van der Waals surface area contributed by atoms with Crippen LogP contribution in [0.5, 0.6) is 0 Å². The lowest BCUT2D eigenvalue weighted by Crippen LogP contribution is -2.42. The number of benzene rings is 1. The molecule has 0 aliphatic carbocycles. The number of piperidine rings is 1. The number of nitrogens with one attached hydrogen (secondary N) is 1. The highest BCUT2D eigenvalue weighted by molar-refractivity contribution is 5.79. The Morgan fingerprint density at radius 2 is 1.85 bits per heavy atom. The smallest absolute Gasteiger partial charge is 0.328 e. The van der Waals surface area contributed by atoms with E-state index in [0.717, 1.165) is 4.57 Å². The zero-order valence-corrected chi connectivity index (χ0v) is 14.4. The van der Waals surface area contributed by atoms with Crippen molar-refractivity contribution in [3.05, 3.63) is 45.1 Å². The van der Waals surface area contributed by atoms with E-state index in [4.69, 9.17) is 5.73 Å². The molecule has 3 N–H and O–H groups in total. The molecule has 1 aliphatic heterocycles. The first-order chi connectivity index (χ1) is 12.5. The Morgan fingerprint density at radius 3 is 2.54 bits per heavy atom. The number of primary amides is 1. The van der Waals surface area contributed by atoms with Crippen molar-refractivity contribution < 1.29 is 9.59 Å². The number of rotatable bonds is 5. The van der Waals surface area contributed by atoms with Crippen LogP contribution >= 0.6 is 0 Å². The van der Waals surface area contributed by atoms with Crippen molar-refractivity contribution in [2.24, 2.45) is 11.7 Å². The third-order valence-corrected chi connectivity index (χ3v) is 4.91. The molecule has 2 heterocycles. The van der Waals surface area contributed by atoms with Crippen LogP contribution in [0.25, 0.3) is 10.9 Å². The summed E-state index contributed by atoms with van der Waals surface area (Å²) in [4.78, 5) is 52.4. The van der Waals surface area contributed by atoms with Crippen LogP contribution in [0.1, 0.15) is 25.7 Å². The topological polar surface area (TPSA) is 118 Å². The van der Waals surface area contributed by atoms with Gasteiger partial charge in [-0.3, -0.25) is 19.0 Å². The van der Waals surface area contributed by atoms with Crippen LogP contribution in [0.2, 0.25) is 0 Å². The van der Waals surface area contributed by atoms with Gasteiger partial charge in [0, 0.05) is 32.0 Å². The molecule has 0 bridgehead atoms. The summed E-state index contributed by atoms with van der Waals surface area (Å²) in [5.74, 6) is -0.501. The Bertz CT molecular complexity index is 938. The van der Waals surface area contributed by atoms with Gasteiger partial charge in [-0.05, 0) is 31.4 Å². The first-order valence-electron chi connectivity index (χ1n) is 8.76. The number of hydrogen-bond acceptors (Lipinski definition) is 4. The minimum Gasteiger partial charge on any atom is -0.369 e. The zero-order valence-electron chi connectivity index (χ0n) is 14.4. The maximum Gasteiger partial charge on any atom is 0.328 e. The van der Waals surface area contributed by atoms with Crippen LogP contribution < -0.4 is 17.0 Å². The molecule has 26 heavy (non-hydrogen) atoms. The summed E-state index contributed by atoms with van der Waals surface area (Å²) in [7, 11) is 0. The van der Waals surface area contributed by atoms with Crippen molar-refractivity contribution in [3.63, 3.8) is 0 Å². The third kappa shape index (κ3) is 3.68. The van der Waals surface area contributed by atoms with E-state index in [1.54, 1.807) is 29.2 Å². The molecular formula is C18H22N4O4. The average Bonchev–Trinajstić information content (AvgIpc) is 2.64. The summed E-state index contributed by atoms with van der Waals surface area (Å²) in [6, 6.07) is 6.84. The van der Waals surface area contributed by atoms with Crippen molar-refractivity contribution in [3.8, 4) is 0 Å². The largest absolute Gasteiger partial charge is 0.369 e. The van der Waals surface area contributed by atoms with E-state index in [-0.39, 0.29) is 36.3 Å². The Kier molecular flexibility index (Phi) is 5.20. The van der Waals surface area contributed by atoms with E-state index >= 15 is 0 Å². The summed E-state index contributed by atoms with van der Waals surface area (Å²) in [5, 5.41) is 0.451. The molecule has 1 aromatic heterocycles. The number of nitrogens with zero attached hydrogens (tertiary/aromatic N) is 2. The minimum absolute atomic E-state index is 0.0295. The molecule has 8 nitrogen and oxygen atoms in total. The lowest BCUT2D eigenvalue weighted by Gasteiger charge is -2.30. The SMILES string of the molecule is NC(=O)C1CCN(C(=O)CCCn2c(=O)[nH]c3ccccc3c2=O)CC1. The first kappa shape index (κ1) is 17.9. The molecule has 0 unspecified atom stereocenters. The number of fused-ring (bicyclic) bond motifs is 1. The Morgan fingerprint density at radius 1 is 1.15 bits per heavy atom. The van der Waals surface area contributed by atoms with E-state index in [0.29, 0.717) is 43.3 Å². The Balaban J connectivity index is 1.59. The Hall–Kier alpha value is -2.90. The number of amides is 2. The predicted molar refractivity (Wildman–Crippen MR) is 96.6 cm³/mol. The highest BCUT2D eigenvalue weighted by Crippen LogP contribution is 2.17. The van der Waals surface area contributed by atoms with Gasteiger partial charge in [0.1, 0.15) is 0 Å². The fraction of sp³-hybridized carbons (Fsp3) is 0.444. The van der Waals surface area contributed by atoms with Gasteiger partial charge in [-0.25, -0.2) is 4.79 Å². The van der Waals surface area contributed by atoms with Gasteiger partial charge in [-0.15, -0.1) is 0 Å². The molecule has 1 fully saturated rings. The number of nitrogens with two attached hydrogens (primary N) is 1. The van der Waals surface area contributed by atoms with Crippen LogP contribution in [0.15, 0.2) is 33.9 Å². The van der Waals surface area contributed by atoms with Crippen molar-refractivity contribution in [2.45, 2.75) is 32.2 Å². The van der Waals surface area contributed by atoms with E-state index < -0.39 is 5.69 Å². The van der Waals surface area contributed by atoms with Crippen molar-refractivity contribution >= 4 is 22.7 Å². The van der Waals surface area contributed by atoms with Crippen molar-refractivity contribution in [1.82, 2.24) is 14.5 Å². The number of carbonyl (C=O) groups is 2. The molecule has 0 atom stereocenters. The van der Waals surface area contributed by atoms with Gasteiger partial charge < -0.3 is 15.6 Å². The fourth-order valence-electron chi connectivity index (χ4n) is 3.36. The van der Waals surface area contributed by atoms with Gasteiger partial charge in [-0.1, -0.05) is 12.1 Å². The average molecular weight is 358 g/mol. The second-order valence-corrected chi connectivity index (χ2v) is 6.59. The number of para-hydroxylation sites is 1. The summed E-state index contributed by atoms with van der Waals surface area (Å²) in [5.41, 5.74) is 4.98. The maximum atomic E-state index is 12.4. The summed E-state index contributed by atoms with van der Waals surface area (Å²) < 4.78 is 1.13. The second kappa shape index (κ2) is 7.55. The number of hydrogen-bond donors (Lipinski definition) is 2. The molecule has 0 spiro atoms. The zero-order chi connectivity index (χ0) is 18.7. The summed E-state index contributed by atoms with van der Waals surface area (Å²) >= 11 is 0. The van der Waals surface area contributed by atoms with Gasteiger partial charge in [0.05, 0.1) is 10.9 Å².